The lowest BCUT2D eigenvalue weighted by atomic mass is 10.1. The van der Waals surface area contributed by atoms with Crippen molar-refractivity contribution in [1.29, 1.82) is 0 Å². The number of hydrogen-bond acceptors (Lipinski definition) is 5. The van der Waals surface area contributed by atoms with Gasteiger partial charge >= 0.3 is 0 Å². The smallest absolute Gasteiger partial charge is 0.253 e. The molecule has 2 heterocycles. The summed E-state index contributed by atoms with van der Waals surface area (Å²) in [6.07, 6.45) is 2.35. The molecule has 1 atom stereocenters. The Morgan fingerprint density at radius 2 is 1.83 bits per heavy atom. The third kappa shape index (κ3) is 4.65. The predicted molar refractivity (Wildman–Crippen MR) is 112 cm³/mol. The minimum Gasteiger partial charge on any atom is -0.495 e. The third-order valence-corrected chi connectivity index (χ3v) is 5.55. The number of piperazine rings is 1. The molecule has 4 rings (SSSR count). The molecular formula is C23H28N2O4. The zero-order valence-corrected chi connectivity index (χ0v) is 16.9. The van der Waals surface area contributed by atoms with E-state index in [1.165, 1.54) is 0 Å². The van der Waals surface area contributed by atoms with Crippen LogP contribution in [0.1, 0.15) is 23.2 Å². The molecule has 2 aromatic rings. The van der Waals surface area contributed by atoms with E-state index in [-0.39, 0.29) is 12.0 Å². The fourth-order valence-corrected chi connectivity index (χ4v) is 3.88. The number of anilines is 1. The van der Waals surface area contributed by atoms with Gasteiger partial charge in [0.1, 0.15) is 18.1 Å². The van der Waals surface area contributed by atoms with Crippen LogP contribution in [0.15, 0.2) is 48.5 Å². The lowest BCUT2D eigenvalue weighted by Gasteiger charge is -2.36. The number of carbonyl (C=O) groups is 1. The van der Waals surface area contributed by atoms with Crippen molar-refractivity contribution in [1.82, 2.24) is 4.90 Å². The molecule has 6 heteroatoms. The maximum atomic E-state index is 12.9. The van der Waals surface area contributed by atoms with Crippen LogP contribution in [-0.2, 0) is 4.74 Å². The van der Waals surface area contributed by atoms with Crippen molar-refractivity contribution < 1.29 is 19.0 Å². The molecule has 0 radical (unpaired) electrons. The van der Waals surface area contributed by atoms with Gasteiger partial charge in [-0.15, -0.1) is 0 Å². The lowest BCUT2D eigenvalue weighted by Crippen LogP contribution is -2.48. The Morgan fingerprint density at radius 3 is 2.52 bits per heavy atom. The number of para-hydroxylation sites is 2. The van der Waals surface area contributed by atoms with Gasteiger partial charge in [0.2, 0.25) is 0 Å². The molecule has 0 unspecified atom stereocenters. The Balaban J connectivity index is 1.31. The number of carbonyl (C=O) groups excluding carboxylic acids is 1. The zero-order chi connectivity index (χ0) is 20.1. The Bertz CT molecular complexity index is 810. The van der Waals surface area contributed by atoms with Crippen molar-refractivity contribution in [2.24, 2.45) is 0 Å². The maximum absolute atomic E-state index is 12.9. The molecule has 0 N–H and O–H groups in total. The topological polar surface area (TPSA) is 51.2 Å². The molecular weight excluding hydrogens is 368 g/mol. The highest BCUT2D eigenvalue weighted by Crippen LogP contribution is 2.28. The largest absolute Gasteiger partial charge is 0.495 e. The molecule has 0 bridgehead atoms. The summed E-state index contributed by atoms with van der Waals surface area (Å²) in [7, 11) is 1.69. The minimum absolute atomic E-state index is 0.0651. The van der Waals surface area contributed by atoms with Gasteiger partial charge in [0.05, 0.1) is 18.9 Å². The minimum atomic E-state index is 0.0651. The van der Waals surface area contributed by atoms with Crippen LogP contribution in [-0.4, -0.2) is 63.4 Å². The number of nitrogens with zero attached hydrogens (tertiary/aromatic N) is 2. The van der Waals surface area contributed by atoms with Crippen LogP contribution < -0.4 is 14.4 Å². The van der Waals surface area contributed by atoms with Crippen molar-refractivity contribution in [3.05, 3.63) is 54.1 Å². The van der Waals surface area contributed by atoms with Crippen molar-refractivity contribution in [3.8, 4) is 11.5 Å². The van der Waals surface area contributed by atoms with Crippen molar-refractivity contribution in [2.75, 3.05) is 51.4 Å². The molecule has 2 saturated heterocycles. The molecule has 0 saturated carbocycles. The van der Waals surface area contributed by atoms with Crippen LogP contribution in [0, 0.1) is 0 Å². The van der Waals surface area contributed by atoms with E-state index in [0.717, 1.165) is 49.7 Å². The fraction of sp³-hybridized carbons (Fsp3) is 0.435. The van der Waals surface area contributed by atoms with E-state index in [1.807, 2.05) is 47.4 Å². The molecule has 0 spiro atoms. The van der Waals surface area contributed by atoms with E-state index in [0.29, 0.717) is 25.3 Å². The molecule has 1 amide bonds. The maximum Gasteiger partial charge on any atom is 0.253 e. The fourth-order valence-electron chi connectivity index (χ4n) is 3.88. The van der Waals surface area contributed by atoms with Gasteiger partial charge in [0, 0.05) is 38.3 Å². The summed E-state index contributed by atoms with van der Waals surface area (Å²) >= 11 is 0. The molecule has 29 heavy (non-hydrogen) atoms. The van der Waals surface area contributed by atoms with Gasteiger partial charge in [-0.1, -0.05) is 12.1 Å². The second-order valence-corrected chi connectivity index (χ2v) is 7.42. The number of ether oxygens (including phenoxy) is 3. The highest BCUT2D eigenvalue weighted by atomic mass is 16.5. The summed E-state index contributed by atoms with van der Waals surface area (Å²) in [5.41, 5.74) is 1.77. The SMILES string of the molecule is COc1ccccc1N1CCN(C(=O)c2ccc(OC[C@@H]3CCCO3)cc2)CC1. The van der Waals surface area contributed by atoms with Crippen LogP contribution in [0.4, 0.5) is 5.69 Å². The van der Waals surface area contributed by atoms with E-state index >= 15 is 0 Å². The standard InChI is InChI=1S/C23H28N2O4/c1-27-22-7-3-2-6-21(22)24-12-14-25(15-13-24)23(26)18-8-10-19(11-9-18)29-17-20-5-4-16-28-20/h2-3,6-11,20H,4-5,12-17H2,1H3/t20-/m0/s1. The normalized spacial score (nSPS) is 19.3. The summed E-state index contributed by atoms with van der Waals surface area (Å²) in [6.45, 7) is 4.34. The molecule has 2 aromatic carbocycles. The molecule has 0 aliphatic carbocycles. The Hall–Kier alpha value is -2.73. The lowest BCUT2D eigenvalue weighted by molar-refractivity contribution is 0.0678. The van der Waals surface area contributed by atoms with E-state index in [9.17, 15) is 4.79 Å². The predicted octanol–water partition coefficient (Wildman–Crippen LogP) is 3.22. The van der Waals surface area contributed by atoms with Crippen LogP contribution in [0.2, 0.25) is 0 Å². The average molecular weight is 396 g/mol. The van der Waals surface area contributed by atoms with Crippen molar-refractivity contribution in [3.63, 3.8) is 0 Å². The number of methoxy groups -OCH3 is 1. The third-order valence-electron chi connectivity index (χ3n) is 5.55. The van der Waals surface area contributed by atoms with Gasteiger partial charge in [0.25, 0.3) is 5.91 Å². The van der Waals surface area contributed by atoms with Gasteiger partial charge in [-0.25, -0.2) is 0 Å². The second-order valence-electron chi connectivity index (χ2n) is 7.42. The van der Waals surface area contributed by atoms with Gasteiger partial charge in [-0.3, -0.25) is 4.79 Å². The molecule has 2 aliphatic rings. The van der Waals surface area contributed by atoms with Crippen molar-refractivity contribution >= 4 is 11.6 Å². The van der Waals surface area contributed by atoms with Crippen LogP contribution in [0.5, 0.6) is 11.5 Å². The summed E-state index contributed by atoms with van der Waals surface area (Å²) < 4.78 is 16.8. The van der Waals surface area contributed by atoms with Crippen LogP contribution >= 0.6 is 0 Å². The Morgan fingerprint density at radius 1 is 1.07 bits per heavy atom. The Labute approximate surface area is 172 Å². The summed E-state index contributed by atoms with van der Waals surface area (Å²) in [6, 6.07) is 15.4. The van der Waals surface area contributed by atoms with Crippen LogP contribution in [0.25, 0.3) is 0 Å². The molecule has 2 aliphatic heterocycles. The number of amides is 1. The first-order valence-corrected chi connectivity index (χ1v) is 10.3. The monoisotopic (exact) mass is 396 g/mol. The first-order valence-electron chi connectivity index (χ1n) is 10.3. The van der Waals surface area contributed by atoms with Gasteiger partial charge in [0.15, 0.2) is 0 Å². The van der Waals surface area contributed by atoms with E-state index in [2.05, 4.69) is 11.0 Å². The summed E-state index contributed by atoms with van der Waals surface area (Å²) in [5, 5.41) is 0. The zero-order valence-electron chi connectivity index (χ0n) is 16.9. The van der Waals surface area contributed by atoms with E-state index in [4.69, 9.17) is 14.2 Å². The average Bonchev–Trinajstić information content (AvgIpc) is 3.31. The number of benzene rings is 2. The van der Waals surface area contributed by atoms with Gasteiger partial charge < -0.3 is 24.0 Å². The van der Waals surface area contributed by atoms with E-state index in [1.54, 1.807) is 7.11 Å². The van der Waals surface area contributed by atoms with Gasteiger partial charge in [-0.05, 0) is 49.2 Å². The molecule has 0 aromatic heterocycles. The first kappa shape index (κ1) is 19.6. The first-order chi connectivity index (χ1) is 14.2. The Kier molecular flexibility index (Phi) is 6.20. The second kappa shape index (κ2) is 9.18. The molecule has 154 valence electrons. The highest BCUT2D eigenvalue weighted by Gasteiger charge is 2.24. The summed E-state index contributed by atoms with van der Waals surface area (Å²) in [4.78, 5) is 17.0. The summed E-state index contributed by atoms with van der Waals surface area (Å²) in [5.74, 6) is 1.71. The number of rotatable bonds is 6. The molecule has 6 nitrogen and oxygen atoms in total. The van der Waals surface area contributed by atoms with Crippen LogP contribution in [0.3, 0.4) is 0 Å². The number of hydrogen-bond donors (Lipinski definition) is 0. The van der Waals surface area contributed by atoms with Gasteiger partial charge in [-0.2, -0.15) is 0 Å². The highest BCUT2D eigenvalue weighted by molar-refractivity contribution is 5.94. The quantitative estimate of drug-likeness (QED) is 0.751. The molecule has 2 fully saturated rings. The van der Waals surface area contributed by atoms with E-state index < -0.39 is 0 Å². The van der Waals surface area contributed by atoms with Crippen molar-refractivity contribution in [2.45, 2.75) is 18.9 Å².